The zero-order chi connectivity index (χ0) is 16.1. The number of nitrogens with zero attached hydrogens (tertiary/aromatic N) is 2. The van der Waals surface area contributed by atoms with E-state index in [0.29, 0.717) is 6.42 Å². The van der Waals surface area contributed by atoms with Crippen molar-refractivity contribution < 1.29 is 22.4 Å². The van der Waals surface area contributed by atoms with Crippen molar-refractivity contribution in [2.75, 3.05) is 17.7 Å². The molecule has 0 spiro atoms. The summed E-state index contributed by atoms with van der Waals surface area (Å²) in [6.07, 6.45) is 1.41. The van der Waals surface area contributed by atoms with E-state index < -0.39 is 39.9 Å². The number of rotatable bonds is 2. The number of benzene rings is 1. The van der Waals surface area contributed by atoms with Crippen LogP contribution in [0.4, 0.5) is 14.9 Å². The van der Waals surface area contributed by atoms with Crippen LogP contribution in [-0.4, -0.2) is 49.5 Å². The molecule has 2 aliphatic heterocycles. The maximum Gasteiger partial charge on any atom is 0.329 e. The molecule has 1 aromatic carbocycles. The van der Waals surface area contributed by atoms with Crippen LogP contribution in [0.3, 0.4) is 0 Å². The largest absolute Gasteiger partial charge is 0.332 e. The van der Waals surface area contributed by atoms with Gasteiger partial charge in [0.05, 0.1) is 18.0 Å². The minimum Gasteiger partial charge on any atom is -0.332 e. The standard InChI is InChI=1S/C13H14FN3O4S/c1-22(20,21)16-7-6-10-11(16)12(18)17(13(19)15-10)9-4-2-8(14)3-5-9/h2-5,10-11H,6-7H2,1H3,(H,15,19)/t10-,11+/m1/s1. The van der Waals surface area contributed by atoms with Crippen LogP contribution in [0.1, 0.15) is 6.42 Å². The molecule has 0 saturated carbocycles. The molecule has 2 saturated heterocycles. The number of urea groups is 1. The van der Waals surface area contributed by atoms with E-state index in [2.05, 4.69) is 5.32 Å². The first-order valence-corrected chi connectivity index (χ1v) is 8.51. The molecule has 0 unspecified atom stereocenters. The number of carbonyl (C=O) groups is 2. The number of halogens is 1. The van der Waals surface area contributed by atoms with Crippen LogP contribution in [0.5, 0.6) is 0 Å². The van der Waals surface area contributed by atoms with Crippen LogP contribution in [0.2, 0.25) is 0 Å². The lowest BCUT2D eigenvalue weighted by Crippen LogP contribution is -2.64. The maximum atomic E-state index is 13.0. The van der Waals surface area contributed by atoms with Gasteiger partial charge in [-0.3, -0.25) is 4.79 Å². The monoisotopic (exact) mass is 327 g/mol. The first-order chi connectivity index (χ1) is 10.3. The summed E-state index contributed by atoms with van der Waals surface area (Å²) in [7, 11) is -3.56. The van der Waals surface area contributed by atoms with Crippen molar-refractivity contribution in [3.8, 4) is 0 Å². The molecule has 0 aromatic heterocycles. The number of sulfonamides is 1. The smallest absolute Gasteiger partial charge is 0.329 e. The van der Waals surface area contributed by atoms with E-state index in [1.54, 1.807) is 0 Å². The van der Waals surface area contributed by atoms with Crippen LogP contribution in [0, 0.1) is 5.82 Å². The van der Waals surface area contributed by atoms with Crippen LogP contribution in [0.25, 0.3) is 0 Å². The second-order valence-electron chi connectivity index (χ2n) is 5.31. The molecule has 9 heteroatoms. The van der Waals surface area contributed by atoms with Crippen molar-refractivity contribution in [2.45, 2.75) is 18.5 Å². The summed E-state index contributed by atoms with van der Waals surface area (Å²) in [4.78, 5) is 25.6. The Bertz CT molecular complexity index is 734. The molecule has 0 bridgehead atoms. The fraction of sp³-hybridized carbons (Fsp3) is 0.385. The molecule has 7 nitrogen and oxygen atoms in total. The van der Waals surface area contributed by atoms with Gasteiger partial charge in [-0.1, -0.05) is 0 Å². The number of hydrogen-bond donors (Lipinski definition) is 1. The summed E-state index contributed by atoms with van der Waals surface area (Å²) in [5.41, 5.74) is 0.197. The minimum absolute atomic E-state index is 0.178. The van der Waals surface area contributed by atoms with Gasteiger partial charge in [-0.15, -0.1) is 0 Å². The van der Waals surface area contributed by atoms with E-state index in [0.717, 1.165) is 27.6 Å². The van der Waals surface area contributed by atoms with E-state index in [4.69, 9.17) is 0 Å². The summed E-state index contributed by atoms with van der Waals surface area (Å²) in [6, 6.07) is 2.73. The molecule has 2 heterocycles. The molecular formula is C13H14FN3O4S. The van der Waals surface area contributed by atoms with Gasteiger partial charge in [-0.05, 0) is 30.7 Å². The van der Waals surface area contributed by atoms with Crippen molar-refractivity contribution in [1.29, 1.82) is 0 Å². The van der Waals surface area contributed by atoms with Gasteiger partial charge in [0.25, 0.3) is 5.91 Å². The lowest BCUT2D eigenvalue weighted by Gasteiger charge is -2.36. The van der Waals surface area contributed by atoms with E-state index in [-0.39, 0.29) is 12.2 Å². The maximum absolute atomic E-state index is 13.0. The highest BCUT2D eigenvalue weighted by molar-refractivity contribution is 7.88. The predicted octanol–water partition coefficient (Wildman–Crippen LogP) is 0.284. The molecule has 3 rings (SSSR count). The summed E-state index contributed by atoms with van der Waals surface area (Å²) in [5.74, 6) is -1.12. The van der Waals surface area contributed by atoms with Gasteiger partial charge < -0.3 is 5.32 Å². The Kier molecular flexibility index (Phi) is 3.41. The van der Waals surface area contributed by atoms with Crippen molar-refractivity contribution in [3.05, 3.63) is 30.1 Å². The average Bonchev–Trinajstić information content (AvgIpc) is 2.84. The third kappa shape index (κ3) is 2.35. The van der Waals surface area contributed by atoms with Gasteiger partial charge in [0, 0.05) is 6.54 Å². The molecule has 0 radical (unpaired) electrons. The molecule has 3 amide bonds. The Morgan fingerprint density at radius 2 is 1.86 bits per heavy atom. The summed E-state index contributed by atoms with van der Waals surface area (Å²) >= 11 is 0. The first-order valence-electron chi connectivity index (χ1n) is 6.66. The normalized spacial score (nSPS) is 26.0. The van der Waals surface area contributed by atoms with Gasteiger partial charge in [-0.2, -0.15) is 4.31 Å². The third-order valence-corrected chi connectivity index (χ3v) is 5.11. The van der Waals surface area contributed by atoms with Gasteiger partial charge in [-0.25, -0.2) is 22.5 Å². The van der Waals surface area contributed by atoms with Gasteiger partial charge >= 0.3 is 6.03 Å². The molecule has 1 aromatic rings. The summed E-state index contributed by atoms with van der Waals surface area (Å²) < 4.78 is 37.7. The topological polar surface area (TPSA) is 86.8 Å². The van der Waals surface area contributed by atoms with Gasteiger partial charge in [0.2, 0.25) is 10.0 Å². The predicted molar refractivity (Wildman–Crippen MR) is 76.2 cm³/mol. The fourth-order valence-corrected chi connectivity index (χ4v) is 3.96. The second kappa shape index (κ2) is 5.03. The van der Waals surface area contributed by atoms with Gasteiger partial charge in [0.1, 0.15) is 11.9 Å². The van der Waals surface area contributed by atoms with Crippen molar-refractivity contribution in [3.63, 3.8) is 0 Å². The van der Waals surface area contributed by atoms with E-state index >= 15 is 0 Å². The number of nitrogens with one attached hydrogen (secondary N) is 1. The van der Waals surface area contributed by atoms with Crippen LogP contribution < -0.4 is 10.2 Å². The Morgan fingerprint density at radius 3 is 2.45 bits per heavy atom. The summed E-state index contributed by atoms with van der Waals surface area (Å²) in [6.45, 7) is 0.178. The fourth-order valence-electron chi connectivity index (χ4n) is 2.87. The van der Waals surface area contributed by atoms with Crippen molar-refractivity contribution in [2.24, 2.45) is 0 Å². The number of hydrogen-bond acceptors (Lipinski definition) is 4. The molecule has 2 aliphatic rings. The Balaban J connectivity index is 1.98. The Hall–Kier alpha value is -2.00. The molecule has 22 heavy (non-hydrogen) atoms. The Morgan fingerprint density at radius 1 is 1.23 bits per heavy atom. The number of imide groups is 1. The highest BCUT2D eigenvalue weighted by Gasteiger charge is 2.51. The highest BCUT2D eigenvalue weighted by atomic mass is 32.2. The lowest BCUT2D eigenvalue weighted by molar-refractivity contribution is -0.122. The zero-order valence-corrected chi connectivity index (χ0v) is 12.5. The minimum atomic E-state index is -3.56. The van der Waals surface area contributed by atoms with Crippen molar-refractivity contribution in [1.82, 2.24) is 9.62 Å². The summed E-state index contributed by atoms with van der Waals surface area (Å²) in [5, 5.41) is 2.64. The SMILES string of the molecule is CS(=O)(=O)N1CC[C@H]2NC(=O)N(c3ccc(F)cc3)C(=O)[C@H]21. The lowest BCUT2D eigenvalue weighted by atomic mass is 10.1. The number of anilines is 1. The third-order valence-electron chi connectivity index (χ3n) is 3.85. The Labute approximate surface area is 126 Å². The molecule has 1 N–H and O–H groups in total. The number of carbonyl (C=O) groups excluding carboxylic acids is 2. The first kappa shape index (κ1) is 14.9. The molecule has 2 fully saturated rings. The number of fused-ring (bicyclic) bond motifs is 1. The van der Waals surface area contributed by atoms with Crippen molar-refractivity contribution >= 4 is 27.6 Å². The molecule has 2 atom stereocenters. The quantitative estimate of drug-likeness (QED) is 0.845. The highest BCUT2D eigenvalue weighted by Crippen LogP contribution is 2.29. The van der Waals surface area contributed by atoms with Crippen LogP contribution in [0.15, 0.2) is 24.3 Å². The second-order valence-corrected chi connectivity index (χ2v) is 7.25. The van der Waals surface area contributed by atoms with Crippen LogP contribution in [-0.2, 0) is 14.8 Å². The van der Waals surface area contributed by atoms with Crippen LogP contribution >= 0.6 is 0 Å². The number of amides is 3. The van der Waals surface area contributed by atoms with E-state index in [1.807, 2.05) is 0 Å². The molecule has 0 aliphatic carbocycles. The van der Waals surface area contributed by atoms with Gasteiger partial charge in [0.15, 0.2) is 0 Å². The molecule has 118 valence electrons. The average molecular weight is 327 g/mol. The molecular weight excluding hydrogens is 313 g/mol. The zero-order valence-electron chi connectivity index (χ0n) is 11.7. The van der Waals surface area contributed by atoms with E-state index in [9.17, 15) is 22.4 Å². The van der Waals surface area contributed by atoms with E-state index in [1.165, 1.54) is 12.1 Å².